The molecule has 0 unspecified atom stereocenters. The van der Waals surface area contributed by atoms with Gasteiger partial charge in [0.25, 0.3) is 0 Å². The van der Waals surface area contributed by atoms with E-state index in [1.54, 1.807) is 12.1 Å². The van der Waals surface area contributed by atoms with Gasteiger partial charge in [-0.3, -0.25) is 14.5 Å². The third kappa shape index (κ3) is 4.10. The third-order valence-electron chi connectivity index (χ3n) is 4.20. The quantitative estimate of drug-likeness (QED) is 0.843. The van der Waals surface area contributed by atoms with Crippen molar-refractivity contribution >= 4 is 28.0 Å². The van der Waals surface area contributed by atoms with Gasteiger partial charge in [0.15, 0.2) is 5.78 Å². The van der Waals surface area contributed by atoms with E-state index in [1.165, 1.54) is 17.8 Å². The normalized spacial score (nSPS) is 15.2. The Labute approximate surface area is 146 Å². The van der Waals surface area contributed by atoms with Crippen molar-refractivity contribution in [3.63, 3.8) is 0 Å². The summed E-state index contributed by atoms with van der Waals surface area (Å²) < 4.78 is 0. The Bertz CT molecular complexity index is 718. The van der Waals surface area contributed by atoms with E-state index in [2.05, 4.69) is 10.2 Å². The largest absolute Gasteiger partial charge is 0.316 e. The number of likely N-dealkylation sites (tertiary alicyclic amines) is 1. The van der Waals surface area contributed by atoms with Crippen molar-refractivity contribution in [2.45, 2.75) is 26.2 Å². The molecule has 2 heterocycles. The van der Waals surface area contributed by atoms with Gasteiger partial charge < -0.3 is 5.32 Å². The molecule has 2 aromatic rings. The number of hydrogen-bond donors (Lipinski definition) is 1. The fraction of sp³-hybridized carbons (Fsp3) is 0.368. The van der Waals surface area contributed by atoms with Gasteiger partial charge in [-0.05, 0) is 38.9 Å². The van der Waals surface area contributed by atoms with Crippen LogP contribution in [0.15, 0.2) is 36.4 Å². The zero-order chi connectivity index (χ0) is 16.9. The number of benzene rings is 1. The summed E-state index contributed by atoms with van der Waals surface area (Å²) in [5, 5.41) is 3.60. The predicted octanol–water partition coefficient (Wildman–Crippen LogP) is 3.71. The van der Waals surface area contributed by atoms with E-state index in [4.69, 9.17) is 0 Å². The molecule has 3 rings (SSSR count). The lowest BCUT2D eigenvalue weighted by atomic mass is 10.1. The van der Waals surface area contributed by atoms with Gasteiger partial charge >= 0.3 is 0 Å². The Kier molecular flexibility index (Phi) is 5.43. The second-order valence-electron chi connectivity index (χ2n) is 6.18. The van der Waals surface area contributed by atoms with E-state index in [-0.39, 0.29) is 11.7 Å². The highest BCUT2D eigenvalue weighted by Crippen LogP contribution is 2.29. The number of ketones is 1. The highest BCUT2D eigenvalue weighted by atomic mass is 32.1. The van der Waals surface area contributed by atoms with Crippen LogP contribution in [0, 0.1) is 6.92 Å². The Morgan fingerprint density at radius 2 is 1.83 bits per heavy atom. The fourth-order valence-corrected chi connectivity index (χ4v) is 3.93. The molecule has 1 saturated heterocycles. The maximum atomic E-state index is 12.7. The van der Waals surface area contributed by atoms with Crippen molar-refractivity contribution in [3.8, 4) is 0 Å². The van der Waals surface area contributed by atoms with Crippen molar-refractivity contribution < 1.29 is 9.59 Å². The van der Waals surface area contributed by atoms with Crippen LogP contribution < -0.4 is 5.32 Å². The lowest BCUT2D eigenvalue weighted by Gasteiger charge is -2.25. The molecule has 1 aliphatic heterocycles. The van der Waals surface area contributed by atoms with Crippen LogP contribution in [0.1, 0.15) is 40.1 Å². The van der Waals surface area contributed by atoms with Crippen molar-refractivity contribution in [2.75, 3.05) is 25.0 Å². The molecule has 0 bridgehead atoms. The maximum Gasteiger partial charge on any atom is 0.239 e. The molecule has 1 fully saturated rings. The van der Waals surface area contributed by atoms with Gasteiger partial charge in [0.1, 0.15) is 5.00 Å². The first-order valence-electron chi connectivity index (χ1n) is 8.36. The first kappa shape index (κ1) is 16.9. The zero-order valence-electron chi connectivity index (χ0n) is 13.9. The van der Waals surface area contributed by atoms with E-state index in [9.17, 15) is 9.59 Å². The Balaban J connectivity index is 1.72. The molecular weight excluding hydrogens is 320 g/mol. The first-order chi connectivity index (χ1) is 11.6. The van der Waals surface area contributed by atoms with Crippen molar-refractivity contribution in [1.82, 2.24) is 4.90 Å². The number of rotatable bonds is 5. The molecule has 0 saturated carbocycles. The second kappa shape index (κ2) is 7.73. The van der Waals surface area contributed by atoms with Crippen LogP contribution in [0.4, 0.5) is 5.00 Å². The molecule has 126 valence electrons. The number of hydrogen-bond acceptors (Lipinski definition) is 4. The third-order valence-corrected chi connectivity index (χ3v) is 5.17. The van der Waals surface area contributed by atoms with Gasteiger partial charge in [0, 0.05) is 10.4 Å². The van der Waals surface area contributed by atoms with Crippen LogP contribution in [0.5, 0.6) is 0 Å². The predicted molar refractivity (Wildman–Crippen MR) is 97.9 cm³/mol. The van der Waals surface area contributed by atoms with Crippen LogP contribution >= 0.6 is 11.3 Å². The first-order valence-corrected chi connectivity index (χ1v) is 9.17. The second-order valence-corrected chi connectivity index (χ2v) is 7.44. The fourth-order valence-electron chi connectivity index (χ4n) is 3.01. The standard InChI is InChI=1S/C19H22N2O2S/c1-14-12-16(18(23)15-8-4-2-5-9-15)19(24-14)20-17(22)13-21-10-6-3-7-11-21/h2,4-5,8-9,12H,3,6-7,10-11,13H2,1H3,(H,20,22). The number of amides is 1. The molecule has 0 aliphatic carbocycles. The van der Waals surface area contributed by atoms with Crippen LogP contribution in [0.25, 0.3) is 0 Å². The van der Waals surface area contributed by atoms with Gasteiger partial charge in [-0.15, -0.1) is 11.3 Å². The molecule has 0 atom stereocenters. The average Bonchev–Trinajstić information content (AvgIpc) is 2.96. The zero-order valence-corrected chi connectivity index (χ0v) is 14.7. The van der Waals surface area contributed by atoms with E-state index in [1.807, 2.05) is 31.2 Å². The van der Waals surface area contributed by atoms with Crippen LogP contribution in [-0.2, 0) is 4.79 Å². The summed E-state index contributed by atoms with van der Waals surface area (Å²) in [6.07, 6.45) is 3.56. The summed E-state index contributed by atoms with van der Waals surface area (Å²) in [5.74, 6) is -0.0888. The highest BCUT2D eigenvalue weighted by Gasteiger charge is 2.20. The number of piperidine rings is 1. The monoisotopic (exact) mass is 342 g/mol. The van der Waals surface area contributed by atoms with Gasteiger partial charge in [-0.1, -0.05) is 36.8 Å². The smallest absolute Gasteiger partial charge is 0.239 e. The molecule has 1 amide bonds. The molecule has 0 spiro atoms. The topological polar surface area (TPSA) is 49.4 Å². The summed E-state index contributed by atoms with van der Waals surface area (Å²) >= 11 is 1.46. The molecule has 1 aromatic carbocycles. The van der Waals surface area contributed by atoms with E-state index >= 15 is 0 Å². The Morgan fingerprint density at radius 3 is 2.54 bits per heavy atom. The lowest BCUT2D eigenvalue weighted by molar-refractivity contribution is -0.117. The molecule has 1 N–H and O–H groups in total. The molecule has 1 aliphatic rings. The van der Waals surface area contributed by atoms with Gasteiger partial charge in [-0.25, -0.2) is 0 Å². The molecule has 4 nitrogen and oxygen atoms in total. The minimum absolute atomic E-state index is 0.0409. The van der Waals surface area contributed by atoms with E-state index < -0.39 is 0 Å². The maximum absolute atomic E-state index is 12.7. The van der Waals surface area contributed by atoms with Crippen LogP contribution in [-0.4, -0.2) is 36.2 Å². The molecular formula is C19H22N2O2S. The van der Waals surface area contributed by atoms with Crippen LogP contribution in [0.3, 0.4) is 0 Å². The summed E-state index contributed by atoms with van der Waals surface area (Å²) in [7, 11) is 0. The Hall–Kier alpha value is -1.98. The van der Waals surface area contributed by atoms with Gasteiger partial charge in [0.2, 0.25) is 5.91 Å². The minimum atomic E-state index is -0.0479. The molecule has 1 aromatic heterocycles. The number of carbonyl (C=O) groups excluding carboxylic acids is 2. The molecule has 0 radical (unpaired) electrons. The minimum Gasteiger partial charge on any atom is -0.316 e. The van der Waals surface area contributed by atoms with E-state index in [0.717, 1.165) is 30.8 Å². The number of anilines is 1. The van der Waals surface area contributed by atoms with Crippen molar-refractivity contribution in [1.29, 1.82) is 0 Å². The number of carbonyl (C=O) groups is 2. The van der Waals surface area contributed by atoms with E-state index in [0.29, 0.717) is 22.7 Å². The summed E-state index contributed by atoms with van der Waals surface area (Å²) in [6.45, 7) is 4.31. The Morgan fingerprint density at radius 1 is 1.12 bits per heavy atom. The summed E-state index contributed by atoms with van der Waals surface area (Å²) in [5.41, 5.74) is 1.22. The van der Waals surface area contributed by atoms with Gasteiger partial charge in [0.05, 0.1) is 12.1 Å². The number of aryl methyl sites for hydroxylation is 1. The lowest BCUT2D eigenvalue weighted by Crippen LogP contribution is -2.36. The number of nitrogens with zero attached hydrogens (tertiary/aromatic N) is 1. The highest BCUT2D eigenvalue weighted by molar-refractivity contribution is 7.16. The number of thiophene rings is 1. The van der Waals surface area contributed by atoms with Crippen molar-refractivity contribution in [2.24, 2.45) is 0 Å². The number of nitrogens with one attached hydrogen (secondary N) is 1. The molecule has 24 heavy (non-hydrogen) atoms. The average molecular weight is 342 g/mol. The van der Waals surface area contributed by atoms with Crippen molar-refractivity contribution in [3.05, 3.63) is 52.4 Å². The molecule has 5 heteroatoms. The van der Waals surface area contributed by atoms with Crippen LogP contribution in [0.2, 0.25) is 0 Å². The SMILES string of the molecule is Cc1cc(C(=O)c2ccccc2)c(NC(=O)CN2CCCCC2)s1. The summed E-state index contributed by atoms with van der Waals surface area (Å²) in [4.78, 5) is 28.2. The van der Waals surface area contributed by atoms with Gasteiger partial charge in [-0.2, -0.15) is 0 Å². The summed E-state index contributed by atoms with van der Waals surface area (Å²) in [6, 6.07) is 11.0.